The van der Waals surface area contributed by atoms with Crippen molar-refractivity contribution in [1.82, 2.24) is 4.31 Å². The second-order valence-corrected chi connectivity index (χ2v) is 7.12. The number of rotatable bonds is 6. The number of methoxy groups -OCH3 is 1. The van der Waals surface area contributed by atoms with Crippen LogP contribution >= 0.6 is 0 Å². The maximum atomic E-state index is 12.6. The quantitative estimate of drug-likeness (QED) is 0.822. The van der Waals surface area contributed by atoms with Crippen molar-refractivity contribution in [3.63, 3.8) is 0 Å². The molecule has 0 spiro atoms. The molecule has 0 bridgehead atoms. The van der Waals surface area contributed by atoms with Gasteiger partial charge in [-0.15, -0.1) is 0 Å². The summed E-state index contributed by atoms with van der Waals surface area (Å²) in [6.45, 7) is 2.30. The lowest BCUT2D eigenvalue weighted by Gasteiger charge is -2.19. The molecular weight excluding hydrogens is 298 g/mol. The van der Waals surface area contributed by atoms with E-state index in [1.54, 1.807) is 26.3 Å². The van der Waals surface area contributed by atoms with Gasteiger partial charge in [-0.05, 0) is 30.2 Å². The van der Waals surface area contributed by atoms with E-state index >= 15 is 0 Å². The highest BCUT2D eigenvalue weighted by Crippen LogP contribution is 2.22. The van der Waals surface area contributed by atoms with E-state index in [1.165, 1.54) is 4.31 Å². The van der Waals surface area contributed by atoms with Crippen LogP contribution in [-0.2, 0) is 23.0 Å². The first-order valence-corrected chi connectivity index (χ1v) is 8.60. The minimum absolute atomic E-state index is 0.266. The van der Waals surface area contributed by atoms with Gasteiger partial charge in [-0.25, -0.2) is 8.42 Å². The SMILES string of the molecule is CCc1ccc(S(=O)(=O)N(C)Cc2ccccc2OC)cc1. The van der Waals surface area contributed by atoms with Crippen LogP contribution in [0.25, 0.3) is 0 Å². The van der Waals surface area contributed by atoms with E-state index in [2.05, 4.69) is 0 Å². The Hall–Kier alpha value is -1.85. The summed E-state index contributed by atoms with van der Waals surface area (Å²) in [7, 11) is -0.350. The van der Waals surface area contributed by atoms with Gasteiger partial charge in [-0.1, -0.05) is 37.3 Å². The van der Waals surface area contributed by atoms with E-state index in [0.29, 0.717) is 10.6 Å². The predicted octanol–water partition coefficient (Wildman–Crippen LogP) is 3.08. The summed E-state index contributed by atoms with van der Waals surface area (Å²) in [5, 5.41) is 0. The van der Waals surface area contributed by atoms with Crippen LogP contribution in [-0.4, -0.2) is 26.9 Å². The van der Waals surface area contributed by atoms with Crippen molar-refractivity contribution in [1.29, 1.82) is 0 Å². The normalized spacial score (nSPS) is 11.6. The lowest BCUT2D eigenvalue weighted by atomic mass is 10.2. The standard InChI is InChI=1S/C17H21NO3S/c1-4-14-9-11-16(12-10-14)22(19,20)18(2)13-15-7-5-6-8-17(15)21-3/h5-12H,4,13H2,1-3H3. The third-order valence-corrected chi connectivity index (χ3v) is 5.44. The van der Waals surface area contributed by atoms with Gasteiger partial charge in [0.1, 0.15) is 5.75 Å². The van der Waals surface area contributed by atoms with Crippen LogP contribution in [0.1, 0.15) is 18.1 Å². The predicted molar refractivity (Wildman–Crippen MR) is 87.5 cm³/mol. The Morgan fingerprint density at radius 3 is 2.27 bits per heavy atom. The second-order valence-electron chi connectivity index (χ2n) is 5.07. The van der Waals surface area contributed by atoms with Crippen molar-refractivity contribution < 1.29 is 13.2 Å². The summed E-state index contributed by atoms with van der Waals surface area (Å²) >= 11 is 0. The Bertz CT molecular complexity index is 724. The number of ether oxygens (including phenoxy) is 1. The molecule has 0 fully saturated rings. The molecule has 2 aromatic rings. The minimum atomic E-state index is -3.51. The van der Waals surface area contributed by atoms with Crippen LogP contribution in [0.15, 0.2) is 53.4 Å². The second kappa shape index (κ2) is 6.94. The molecule has 22 heavy (non-hydrogen) atoms. The number of hydrogen-bond acceptors (Lipinski definition) is 3. The largest absolute Gasteiger partial charge is 0.496 e. The average Bonchev–Trinajstić information content (AvgIpc) is 2.55. The average molecular weight is 319 g/mol. The zero-order chi connectivity index (χ0) is 16.2. The van der Waals surface area contributed by atoms with Crippen molar-refractivity contribution >= 4 is 10.0 Å². The summed E-state index contributed by atoms with van der Waals surface area (Å²) in [4.78, 5) is 0.307. The van der Waals surface area contributed by atoms with Gasteiger partial charge in [0, 0.05) is 19.2 Å². The third-order valence-electron chi connectivity index (χ3n) is 3.63. The zero-order valence-electron chi connectivity index (χ0n) is 13.1. The molecule has 2 rings (SSSR count). The van der Waals surface area contributed by atoms with Gasteiger partial charge < -0.3 is 4.74 Å². The van der Waals surface area contributed by atoms with E-state index in [0.717, 1.165) is 17.5 Å². The molecule has 0 aliphatic rings. The molecule has 4 nitrogen and oxygen atoms in total. The maximum Gasteiger partial charge on any atom is 0.243 e. The molecule has 0 atom stereocenters. The molecule has 118 valence electrons. The van der Waals surface area contributed by atoms with Crippen molar-refractivity contribution in [3.05, 3.63) is 59.7 Å². The first-order chi connectivity index (χ1) is 10.5. The van der Waals surface area contributed by atoms with Crippen LogP contribution in [0.2, 0.25) is 0 Å². The summed E-state index contributed by atoms with van der Waals surface area (Å²) in [6, 6.07) is 14.4. The molecule has 0 saturated carbocycles. The smallest absolute Gasteiger partial charge is 0.243 e. The fraction of sp³-hybridized carbons (Fsp3) is 0.294. The maximum absolute atomic E-state index is 12.6. The molecule has 0 unspecified atom stereocenters. The van der Waals surface area contributed by atoms with Crippen LogP contribution in [0.4, 0.5) is 0 Å². The van der Waals surface area contributed by atoms with Gasteiger partial charge >= 0.3 is 0 Å². The zero-order valence-corrected chi connectivity index (χ0v) is 13.9. The summed E-state index contributed by atoms with van der Waals surface area (Å²) < 4.78 is 31.9. The van der Waals surface area contributed by atoms with Gasteiger partial charge in [-0.3, -0.25) is 0 Å². The summed E-state index contributed by atoms with van der Waals surface area (Å²) in [6.07, 6.45) is 0.886. The van der Waals surface area contributed by atoms with Crippen LogP contribution in [0.5, 0.6) is 5.75 Å². The first kappa shape index (κ1) is 16.5. The van der Waals surface area contributed by atoms with Gasteiger partial charge in [0.15, 0.2) is 0 Å². The van der Waals surface area contributed by atoms with Crippen LogP contribution in [0.3, 0.4) is 0 Å². The molecule has 0 aromatic heterocycles. The van der Waals surface area contributed by atoms with Gasteiger partial charge in [0.25, 0.3) is 0 Å². The van der Waals surface area contributed by atoms with Gasteiger partial charge in [0.05, 0.1) is 12.0 Å². The Balaban J connectivity index is 2.24. The first-order valence-electron chi connectivity index (χ1n) is 7.16. The Morgan fingerprint density at radius 1 is 1.05 bits per heavy atom. The molecule has 0 aliphatic carbocycles. The fourth-order valence-corrected chi connectivity index (χ4v) is 3.38. The monoisotopic (exact) mass is 319 g/mol. The Morgan fingerprint density at radius 2 is 1.68 bits per heavy atom. The molecule has 0 heterocycles. The molecule has 0 saturated heterocycles. The van der Waals surface area contributed by atoms with E-state index in [9.17, 15) is 8.42 Å². The highest BCUT2D eigenvalue weighted by Gasteiger charge is 2.21. The molecule has 2 aromatic carbocycles. The van der Waals surface area contributed by atoms with E-state index in [1.807, 2.05) is 43.3 Å². The molecule has 0 N–H and O–H groups in total. The number of sulfonamides is 1. The van der Waals surface area contributed by atoms with Crippen molar-refractivity contribution in [3.8, 4) is 5.75 Å². The Kier molecular flexibility index (Phi) is 5.21. The lowest BCUT2D eigenvalue weighted by Crippen LogP contribution is -2.26. The highest BCUT2D eigenvalue weighted by atomic mass is 32.2. The van der Waals surface area contributed by atoms with Crippen LogP contribution in [0, 0.1) is 0 Å². The molecule has 0 aliphatic heterocycles. The third kappa shape index (κ3) is 3.48. The van der Waals surface area contributed by atoms with E-state index in [-0.39, 0.29) is 6.54 Å². The number of aryl methyl sites for hydroxylation is 1. The van der Waals surface area contributed by atoms with Crippen molar-refractivity contribution in [2.24, 2.45) is 0 Å². The van der Waals surface area contributed by atoms with E-state index in [4.69, 9.17) is 4.74 Å². The highest BCUT2D eigenvalue weighted by molar-refractivity contribution is 7.89. The van der Waals surface area contributed by atoms with Gasteiger partial charge in [0.2, 0.25) is 10.0 Å². The molecule has 5 heteroatoms. The molecule has 0 radical (unpaired) electrons. The Labute approximate surface area is 132 Å². The fourth-order valence-electron chi connectivity index (χ4n) is 2.24. The van der Waals surface area contributed by atoms with Crippen molar-refractivity contribution in [2.75, 3.05) is 14.2 Å². The molecule has 0 amide bonds. The topological polar surface area (TPSA) is 46.6 Å². The number of benzene rings is 2. The van der Waals surface area contributed by atoms with Gasteiger partial charge in [-0.2, -0.15) is 4.31 Å². The van der Waals surface area contributed by atoms with Crippen molar-refractivity contribution in [2.45, 2.75) is 24.8 Å². The summed E-state index contributed by atoms with van der Waals surface area (Å²) in [5.74, 6) is 0.686. The number of hydrogen-bond donors (Lipinski definition) is 0. The number of nitrogens with zero attached hydrogens (tertiary/aromatic N) is 1. The minimum Gasteiger partial charge on any atom is -0.496 e. The molecular formula is C17H21NO3S. The lowest BCUT2D eigenvalue weighted by molar-refractivity contribution is 0.398. The summed E-state index contributed by atoms with van der Waals surface area (Å²) in [5.41, 5.74) is 1.95. The number of para-hydroxylation sites is 1. The van der Waals surface area contributed by atoms with E-state index < -0.39 is 10.0 Å². The van der Waals surface area contributed by atoms with Crippen LogP contribution < -0.4 is 4.74 Å².